The zero-order valence-corrected chi connectivity index (χ0v) is 19.2. The summed E-state index contributed by atoms with van der Waals surface area (Å²) in [6, 6.07) is 11.2. The number of rotatable bonds is 7. The molecule has 1 aromatic heterocycles. The molecule has 1 unspecified atom stereocenters. The fraction of sp³-hybridized carbons (Fsp3) is 0.240. The van der Waals surface area contributed by atoms with Crippen LogP contribution >= 0.6 is 0 Å². The Morgan fingerprint density at radius 1 is 1.26 bits per heavy atom. The molecule has 34 heavy (non-hydrogen) atoms. The molecule has 3 aromatic rings. The zero-order valence-electron chi connectivity index (χ0n) is 19.2. The number of nitrogens with zero attached hydrogens (tertiary/aromatic N) is 4. The summed E-state index contributed by atoms with van der Waals surface area (Å²) in [6.07, 6.45) is 5.34. The smallest absolute Gasteiger partial charge is 0.277 e. The minimum Gasteiger partial charge on any atom is -0.495 e. The monoisotopic (exact) mass is 463 g/mol. The van der Waals surface area contributed by atoms with E-state index >= 15 is 0 Å². The van der Waals surface area contributed by atoms with E-state index in [2.05, 4.69) is 15.3 Å². The maximum absolute atomic E-state index is 13.4. The van der Waals surface area contributed by atoms with Gasteiger partial charge in [-0.25, -0.2) is 9.37 Å². The van der Waals surface area contributed by atoms with Crippen molar-refractivity contribution in [2.24, 2.45) is 4.99 Å². The van der Waals surface area contributed by atoms with Gasteiger partial charge in [-0.2, -0.15) is 0 Å². The predicted molar refractivity (Wildman–Crippen MR) is 127 cm³/mol. The Morgan fingerprint density at radius 2 is 2.03 bits per heavy atom. The van der Waals surface area contributed by atoms with E-state index in [4.69, 9.17) is 4.74 Å². The number of aliphatic hydroxyl groups excluding tert-OH is 1. The van der Waals surface area contributed by atoms with Gasteiger partial charge in [0.25, 0.3) is 5.91 Å². The number of hydrogen-bond acceptors (Lipinski definition) is 5. The summed E-state index contributed by atoms with van der Waals surface area (Å²) >= 11 is 0. The Balaban J connectivity index is 1.66. The normalized spacial score (nSPS) is 16.9. The number of aromatic nitrogens is 2. The third-order valence-corrected chi connectivity index (χ3v) is 5.53. The van der Waals surface area contributed by atoms with E-state index in [1.807, 2.05) is 42.8 Å². The number of halogens is 1. The van der Waals surface area contributed by atoms with Crippen LogP contribution in [0.4, 0.5) is 4.39 Å². The van der Waals surface area contributed by atoms with Gasteiger partial charge in [0.1, 0.15) is 17.3 Å². The van der Waals surface area contributed by atoms with Gasteiger partial charge < -0.3 is 19.7 Å². The van der Waals surface area contributed by atoms with Crippen molar-refractivity contribution in [2.45, 2.75) is 19.9 Å². The van der Waals surface area contributed by atoms with Gasteiger partial charge in [-0.05, 0) is 55.3 Å². The molecule has 1 aliphatic rings. The first kappa shape index (κ1) is 23.2. The molecule has 1 fully saturated rings. The van der Waals surface area contributed by atoms with E-state index in [0.717, 1.165) is 22.5 Å². The minimum absolute atomic E-state index is 0.141. The molecule has 0 saturated carbocycles. The van der Waals surface area contributed by atoms with Gasteiger partial charge >= 0.3 is 0 Å². The number of hydrogen-bond donors (Lipinski definition) is 2. The summed E-state index contributed by atoms with van der Waals surface area (Å²) in [7, 11) is 1.59. The van der Waals surface area contributed by atoms with Gasteiger partial charge in [0.15, 0.2) is 0 Å². The number of aliphatic imine (C=N–C) groups is 1. The van der Waals surface area contributed by atoms with Gasteiger partial charge in [-0.3, -0.25) is 14.7 Å². The molecule has 0 spiro atoms. The van der Waals surface area contributed by atoms with Crippen LogP contribution in [0.3, 0.4) is 0 Å². The molecule has 9 heteroatoms. The van der Waals surface area contributed by atoms with Crippen LogP contribution in [0.25, 0.3) is 11.8 Å². The van der Waals surface area contributed by atoms with Gasteiger partial charge in [-0.1, -0.05) is 18.2 Å². The van der Waals surface area contributed by atoms with Gasteiger partial charge in [0.2, 0.25) is 5.96 Å². The molecule has 0 aliphatic carbocycles. The highest BCUT2D eigenvalue weighted by Gasteiger charge is 2.36. The van der Waals surface area contributed by atoms with E-state index < -0.39 is 6.04 Å². The molecule has 0 bridgehead atoms. The highest BCUT2D eigenvalue weighted by Crippen LogP contribution is 2.29. The van der Waals surface area contributed by atoms with Crippen LogP contribution in [0.15, 0.2) is 65.7 Å². The van der Waals surface area contributed by atoms with E-state index in [1.165, 1.54) is 17.0 Å². The van der Waals surface area contributed by atoms with Crippen molar-refractivity contribution in [3.8, 4) is 11.4 Å². The lowest BCUT2D eigenvalue weighted by molar-refractivity contribution is -0.123. The SMILES string of the molecule is COc1cc(/C=C2\N/C(=N\CCO)N(C(C)c3ccc(F)cc3)C2=O)ccc1-n1cnc(C)c1. The number of imidazole rings is 1. The van der Waals surface area contributed by atoms with Crippen molar-refractivity contribution in [3.05, 3.63) is 83.3 Å². The number of methoxy groups -OCH3 is 1. The standard InChI is InChI=1S/C25H26FN5O3/c1-16-14-30(15-28-16)22-9-4-18(13-23(22)34-3)12-21-24(33)31(25(29-21)27-10-11-32)17(2)19-5-7-20(26)8-6-19/h4-9,12-15,17,32H,10-11H2,1-3H3,(H,27,29)/b21-12-. The number of benzene rings is 2. The van der Waals surface area contributed by atoms with Crippen molar-refractivity contribution < 1.29 is 19.0 Å². The Kier molecular flexibility index (Phi) is 6.74. The number of guanidine groups is 1. The second-order valence-corrected chi connectivity index (χ2v) is 7.87. The fourth-order valence-corrected chi connectivity index (χ4v) is 3.80. The van der Waals surface area contributed by atoms with Crippen molar-refractivity contribution >= 4 is 17.9 Å². The highest BCUT2D eigenvalue weighted by atomic mass is 19.1. The Bertz CT molecular complexity index is 1250. The first-order valence-corrected chi connectivity index (χ1v) is 10.8. The summed E-state index contributed by atoms with van der Waals surface area (Å²) in [4.78, 5) is 23.4. The van der Waals surface area contributed by atoms with Crippen LogP contribution in [0.1, 0.15) is 29.8 Å². The maximum Gasteiger partial charge on any atom is 0.277 e. The number of carbonyl (C=O) groups excluding carboxylic acids is 1. The van der Waals surface area contributed by atoms with Crippen molar-refractivity contribution in [2.75, 3.05) is 20.3 Å². The van der Waals surface area contributed by atoms with E-state index in [0.29, 0.717) is 17.4 Å². The van der Waals surface area contributed by atoms with E-state index in [1.54, 1.807) is 31.6 Å². The molecule has 4 rings (SSSR count). The molecule has 0 radical (unpaired) electrons. The van der Waals surface area contributed by atoms with Gasteiger partial charge in [0, 0.05) is 6.20 Å². The second-order valence-electron chi connectivity index (χ2n) is 7.87. The molecule has 1 atom stereocenters. The van der Waals surface area contributed by atoms with Crippen LogP contribution in [0.2, 0.25) is 0 Å². The molecule has 2 heterocycles. The van der Waals surface area contributed by atoms with Crippen molar-refractivity contribution in [3.63, 3.8) is 0 Å². The Labute approximate surface area is 197 Å². The minimum atomic E-state index is -0.398. The number of nitrogens with one attached hydrogen (secondary N) is 1. The van der Waals surface area contributed by atoms with Gasteiger partial charge in [0.05, 0.1) is 44.0 Å². The molecule has 176 valence electrons. The molecular formula is C25H26FN5O3. The first-order valence-electron chi connectivity index (χ1n) is 10.8. The zero-order chi connectivity index (χ0) is 24.2. The number of amides is 1. The third-order valence-electron chi connectivity index (χ3n) is 5.53. The van der Waals surface area contributed by atoms with E-state index in [9.17, 15) is 14.3 Å². The van der Waals surface area contributed by atoms with Crippen LogP contribution < -0.4 is 10.1 Å². The van der Waals surface area contributed by atoms with Crippen molar-refractivity contribution in [1.82, 2.24) is 19.8 Å². The lowest BCUT2D eigenvalue weighted by Gasteiger charge is -2.23. The van der Waals surface area contributed by atoms with Crippen molar-refractivity contribution in [1.29, 1.82) is 0 Å². The third kappa shape index (κ3) is 4.69. The molecule has 2 N–H and O–H groups in total. The number of ether oxygens (including phenoxy) is 1. The molecular weight excluding hydrogens is 437 g/mol. The molecule has 1 saturated heterocycles. The number of carbonyl (C=O) groups is 1. The lowest BCUT2D eigenvalue weighted by atomic mass is 10.1. The second kappa shape index (κ2) is 9.88. The Morgan fingerprint density at radius 3 is 2.68 bits per heavy atom. The maximum atomic E-state index is 13.4. The van der Waals surface area contributed by atoms with Crippen LogP contribution in [0.5, 0.6) is 5.75 Å². The molecule has 8 nitrogen and oxygen atoms in total. The largest absolute Gasteiger partial charge is 0.495 e. The fourth-order valence-electron chi connectivity index (χ4n) is 3.80. The highest BCUT2D eigenvalue weighted by molar-refractivity contribution is 6.15. The van der Waals surface area contributed by atoms with Crippen LogP contribution in [-0.2, 0) is 4.79 Å². The average Bonchev–Trinajstić information content (AvgIpc) is 3.40. The topological polar surface area (TPSA) is 92.0 Å². The summed E-state index contributed by atoms with van der Waals surface area (Å²) in [5, 5.41) is 12.3. The predicted octanol–water partition coefficient (Wildman–Crippen LogP) is 3.21. The molecule has 1 amide bonds. The van der Waals surface area contributed by atoms with Gasteiger partial charge in [-0.15, -0.1) is 0 Å². The van der Waals surface area contributed by atoms with Crippen LogP contribution in [-0.4, -0.2) is 51.7 Å². The molecule has 1 aliphatic heterocycles. The lowest BCUT2D eigenvalue weighted by Crippen LogP contribution is -2.35. The summed E-state index contributed by atoms with van der Waals surface area (Å²) < 4.78 is 20.8. The summed E-state index contributed by atoms with van der Waals surface area (Å²) in [5.74, 6) is 0.337. The first-order chi connectivity index (χ1) is 16.4. The summed E-state index contributed by atoms with van der Waals surface area (Å²) in [5.41, 5.74) is 3.56. The molecule has 2 aromatic carbocycles. The Hall–Kier alpha value is -3.98. The average molecular weight is 464 g/mol. The summed E-state index contributed by atoms with van der Waals surface area (Å²) in [6.45, 7) is 3.74. The number of aliphatic hydroxyl groups is 1. The van der Waals surface area contributed by atoms with E-state index in [-0.39, 0.29) is 24.9 Å². The quantitative estimate of drug-likeness (QED) is 0.525. The number of aryl methyl sites for hydroxylation is 1. The van der Waals surface area contributed by atoms with Crippen LogP contribution in [0, 0.1) is 12.7 Å².